The molecular formula is C66H63BN2O4. The molecule has 0 spiro atoms. The lowest BCUT2D eigenvalue weighted by Crippen LogP contribution is -2.56. The van der Waals surface area contributed by atoms with E-state index in [0.29, 0.717) is 0 Å². The van der Waals surface area contributed by atoms with E-state index in [-0.39, 0.29) is 35.0 Å². The highest BCUT2D eigenvalue weighted by Crippen LogP contribution is 2.56. The van der Waals surface area contributed by atoms with E-state index in [1.165, 1.54) is 50.1 Å². The number of allylic oxidation sites excluding steroid dienone is 2. The first-order valence-corrected chi connectivity index (χ1v) is 26.1. The van der Waals surface area contributed by atoms with Gasteiger partial charge in [0.1, 0.15) is 28.5 Å². The minimum atomic E-state index is -0.337. The molecule has 0 amide bonds. The Morgan fingerprint density at radius 2 is 1.08 bits per heavy atom. The molecule has 3 aliphatic heterocycles. The fraction of sp³-hybridized carbons (Fsp3) is 0.273. The van der Waals surface area contributed by atoms with E-state index in [4.69, 9.17) is 18.0 Å². The van der Waals surface area contributed by atoms with Crippen molar-refractivity contribution >= 4 is 79.2 Å². The van der Waals surface area contributed by atoms with E-state index in [1.54, 1.807) is 0 Å². The lowest BCUT2D eigenvalue weighted by molar-refractivity contribution is 0.179. The van der Waals surface area contributed by atoms with Crippen molar-refractivity contribution in [1.29, 1.82) is 0 Å². The van der Waals surface area contributed by atoms with Crippen LogP contribution in [0, 0.1) is 39.0 Å². The standard InChI is InChI=1S/C66H63BN2O4/c1-36-22-26-43(49-34-70-53-20-16-14-18-45(49)53)38(3)58(36)68-51-32-42(66(11,12)13)33-52-57(51)67(62-60(68)47-30-40(64(5,6)7)24-28-55(47)72-62)63-61(48-31-41(65(8,9)10)25-29-56(48)73-63)69(52)59-37(2)23-27-44(39(59)4)50-35-71-54-21-17-15-19-46(50)54/h14-35,47,55H,1-13H3. The van der Waals surface area contributed by atoms with Crippen LogP contribution in [0.1, 0.15) is 95.7 Å². The predicted octanol–water partition coefficient (Wildman–Crippen LogP) is 16.9. The summed E-state index contributed by atoms with van der Waals surface area (Å²) in [5.74, 6) is -0.0642. The summed E-state index contributed by atoms with van der Waals surface area (Å²) in [5, 5.41) is 3.29. The molecular weight excluding hydrogens is 896 g/mol. The van der Waals surface area contributed by atoms with Gasteiger partial charge in [-0.25, -0.2) is 0 Å². The number of ether oxygens (including phenoxy) is 1. The molecule has 1 aliphatic carbocycles. The van der Waals surface area contributed by atoms with Crippen LogP contribution >= 0.6 is 0 Å². The molecule has 2 unspecified atom stereocenters. The van der Waals surface area contributed by atoms with E-state index in [9.17, 15) is 0 Å². The smallest absolute Gasteiger partial charge is 0.340 e. The van der Waals surface area contributed by atoms with E-state index >= 15 is 0 Å². The summed E-state index contributed by atoms with van der Waals surface area (Å²) in [6, 6.07) is 37.7. The van der Waals surface area contributed by atoms with Gasteiger partial charge in [0.25, 0.3) is 0 Å². The Kier molecular flexibility index (Phi) is 9.70. The van der Waals surface area contributed by atoms with E-state index in [1.807, 2.05) is 24.7 Å². The molecule has 0 fully saturated rings. The van der Waals surface area contributed by atoms with Crippen molar-refractivity contribution in [3.05, 3.63) is 184 Å². The molecule has 364 valence electrons. The van der Waals surface area contributed by atoms with E-state index < -0.39 is 0 Å². The molecule has 3 aromatic heterocycles. The van der Waals surface area contributed by atoms with Crippen LogP contribution in [0.5, 0.6) is 0 Å². The minimum Gasteiger partial charge on any atom is -0.497 e. The number of nitrogens with zero attached hydrogens (tertiary/aromatic N) is 2. The van der Waals surface area contributed by atoms with E-state index in [0.717, 1.165) is 94.9 Å². The Balaban J connectivity index is 1.17. The second-order valence-corrected chi connectivity index (χ2v) is 24.2. The average Bonchev–Trinajstić information content (AvgIpc) is 4.15. The number of fused-ring (bicyclic) bond motifs is 9. The van der Waals surface area contributed by atoms with Gasteiger partial charge in [0, 0.05) is 38.7 Å². The highest BCUT2D eigenvalue weighted by molar-refractivity contribution is 6.94. The number of para-hydroxylation sites is 2. The summed E-state index contributed by atoms with van der Waals surface area (Å²) < 4.78 is 27.6. The molecule has 7 heteroatoms. The summed E-state index contributed by atoms with van der Waals surface area (Å²) in [7, 11) is 0. The van der Waals surface area contributed by atoms with Crippen molar-refractivity contribution in [2.24, 2.45) is 11.3 Å². The number of hydrogen-bond acceptors (Lipinski definition) is 6. The van der Waals surface area contributed by atoms with Gasteiger partial charge in [-0.2, -0.15) is 0 Å². The van der Waals surface area contributed by atoms with Crippen LogP contribution in [-0.4, -0.2) is 12.8 Å². The third-order valence-electron chi connectivity index (χ3n) is 16.4. The summed E-state index contributed by atoms with van der Waals surface area (Å²) in [4.78, 5) is 5.19. The number of benzene rings is 6. The van der Waals surface area contributed by atoms with Crippen molar-refractivity contribution in [3.8, 4) is 22.3 Å². The van der Waals surface area contributed by atoms with Gasteiger partial charge in [-0.05, 0) is 142 Å². The molecule has 2 atom stereocenters. The Bertz CT molecular complexity index is 3920. The molecule has 0 N–H and O–H groups in total. The SMILES string of the molecule is Cc1ccc(-c2coc3ccccc23)c(C)c1N1C2=C(OC3C=CC(C(C)(C)C)=CC23)B2c3oc4ccc(C(C)(C)C)cc4c3N(c3c(C)ccc(-c4coc5ccccc45)c3C)c3cc(C(C)(C)C)cc1c32. The third kappa shape index (κ3) is 6.69. The molecule has 0 radical (unpaired) electrons. The van der Waals surface area contributed by atoms with Gasteiger partial charge in [0.15, 0.2) is 0 Å². The molecule has 9 aromatic rings. The van der Waals surface area contributed by atoms with Crippen LogP contribution in [0.15, 0.2) is 164 Å². The fourth-order valence-corrected chi connectivity index (χ4v) is 12.5. The Morgan fingerprint density at radius 1 is 0.521 bits per heavy atom. The fourth-order valence-electron chi connectivity index (χ4n) is 12.5. The number of rotatable bonds is 4. The molecule has 73 heavy (non-hydrogen) atoms. The van der Waals surface area contributed by atoms with Gasteiger partial charge >= 0.3 is 6.71 Å². The molecule has 4 aliphatic rings. The van der Waals surface area contributed by atoms with Crippen molar-refractivity contribution in [2.45, 2.75) is 107 Å². The van der Waals surface area contributed by atoms with Gasteiger partial charge in [0.05, 0.1) is 46.9 Å². The van der Waals surface area contributed by atoms with Crippen LogP contribution in [0.2, 0.25) is 0 Å². The first-order chi connectivity index (χ1) is 34.8. The quantitative estimate of drug-likeness (QED) is 0.164. The van der Waals surface area contributed by atoms with Gasteiger partial charge in [-0.15, -0.1) is 0 Å². The monoisotopic (exact) mass is 958 g/mol. The first-order valence-electron chi connectivity index (χ1n) is 26.1. The van der Waals surface area contributed by atoms with Gasteiger partial charge in [0.2, 0.25) is 0 Å². The normalized spacial score (nSPS) is 17.4. The maximum atomic E-state index is 7.60. The summed E-state index contributed by atoms with van der Waals surface area (Å²) in [6.07, 6.45) is 10.8. The zero-order chi connectivity index (χ0) is 50.8. The van der Waals surface area contributed by atoms with E-state index in [2.05, 4.69) is 209 Å². The molecule has 6 aromatic carbocycles. The van der Waals surface area contributed by atoms with Crippen LogP contribution in [0.25, 0.3) is 55.2 Å². The Hall–Kier alpha value is -7.38. The molecule has 0 saturated heterocycles. The highest BCUT2D eigenvalue weighted by Gasteiger charge is 2.55. The Morgan fingerprint density at radius 3 is 1.66 bits per heavy atom. The van der Waals surface area contributed by atoms with Gasteiger partial charge in [-0.1, -0.05) is 141 Å². The molecule has 6 nitrogen and oxygen atoms in total. The number of furan rings is 3. The van der Waals surface area contributed by atoms with Crippen LogP contribution < -0.4 is 20.9 Å². The number of aryl methyl sites for hydroxylation is 2. The van der Waals surface area contributed by atoms with Crippen molar-refractivity contribution < 1.29 is 18.0 Å². The minimum absolute atomic E-state index is 0.0642. The van der Waals surface area contributed by atoms with Gasteiger partial charge < -0.3 is 27.8 Å². The number of anilines is 5. The highest BCUT2D eigenvalue weighted by atomic mass is 16.5. The Labute approximate surface area is 429 Å². The second kappa shape index (κ2) is 15.6. The summed E-state index contributed by atoms with van der Waals surface area (Å²) in [5.41, 5.74) is 25.0. The van der Waals surface area contributed by atoms with Crippen molar-refractivity contribution in [1.82, 2.24) is 0 Å². The lowest BCUT2D eigenvalue weighted by Gasteiger charge is -2.44. The predicted molar refractivity (Wildman–Crippen MR) is 303 cm³/mol. The first kappa shape index (κ1) is 45.5. The summed E-state index contributed by atoms with van der Waals surface area (Å²) in [6.45, 7) is 29.6. The van der Waals surface area contributed by atoms with Crippen LogP contribution in [0.3, 0.4) is 0 Å². The van der Waals surface area contributed by atoms with Crippen molar-refractivity contribution in [2.75, 3.05) is 9.80 Å². The third-order valence-corrected chi connectivity index (χ3v) is 16.4. The number of hydrogen-bond donors (Lipinski definition) is 0. The average molecular weight is 959 g/mol. The van der Waals surface area contributed by atoms with Gasteiger partial charge in [-0.3, -0.25) is 0 Å². The van der Waals surface area contributed by atoms with Crippen molar-refractivity contribution in [3.63, 3.8) is 0 Å². The van der Waals surface area contributed by atoms with Crippen LogP contribution in [0.4, 0.5) is 28.4 Å². The molecule has 6 heterocycles. The largest absolute Gasteiger partial charge is 0.497 e. The van der Waals surface area contributed by atoms with Crippen LogP contribution in [-0.2, 0) is 15.6 Å². The lowest BCUT2D eigenvalue weighted by atomic mass is 9.37. The topological polar surface area (TPSA) is 55.1 Å². The second-order valence-electron chi connectivity index (χ2n) is 24.2. The molecule has 0 bridgehead atoms. The summed E-state index contributed by atoms with van der Waals surface area (Å²) >= 11 is 0. The zero-order valence-corrected chi connectivity index (χ0v) is 44.5. The zero-order valence-electron chi connectivity index (χ0n) is 44.5. The molecule has 13 rings (SSSR count). The maximum absolute atomic E-state index is 7.60. The molecule has 0 saturated carbocycles. The maximum Gasteiger partial charge on any atom is 0.340 e.